The van der Waals surface area contributed by atoms with Crippen LogP contribution in [0, 0.1) is 5.92 Å². The number of halogens is 3. The lowest BCUT2D eigenvalue weighted by Gasteiger charge is -2.30. The molecule has 1 aromatic heterocycles. The monoisotopic (exact) mass is 300 g/mol. The van der Waals surface area contributed by atoms with Crippen molar-refractivity contribution in [2.24, 2.45) is 5.92 Å². The Morgan fingerprint density at radius 2 is 1.76 bits per heavy atom. The van der Waals surface area contributed by atoms with Gasteiger partial charge >= 0.3 is 6.18 Å². The number of nitrogens with zero attached hydrogens (tertiary/aromatic N) is 1. The van der Waals surface area contributed by atoms with E-state index in [0.29, 0.717) is 0 Å². The van der Waals surface area contributed by atoms with Crippen molar-refractivity contribution in [3.05, 3.63) is 29.6 Å². The SMILES string of the molecule is CNC(c1cnccc1C(F)(F)F)C1CCCCCCC1. The number of pyridine rings is 1. The average molecular weight is 300 g/mol. The maximum absolute atomic E-state index is 13.2. The Morgan fingerprint density at radius 1 is 1.14 bits per heavy atom. The predicted molar refractivity (Wildman–Crippen MR) is 76.8 cm³/mol. The number of hydrogen-bond donors (Lipinski definition) is 1. The van der Waals surface area contributed by atoms with Crippen LogP contribution in [-0.4, -0.2) is 12.0 Å². The van der Waals surface area contributed by atoms with Gasteiger partial charge in [0.05, 0.1) is 5.56 Å². The van der Waals surface area contributed by atoms with Gasteiger partial charge in [0.2, 0.25) is 0 Å². The van der Waals surface area contributed by atoms with Gasteiger partial charge in [0.25, 0.3) is 0 Å². The minimum Gasteiger partial charge on any atom is -0.313 e. The first-order valence-corrected chi connectivity index (χ1v) is 7.72. The molecule has 1 aromatic rings. The largest absolute Gasteiger partial charge is 0.416 e. The summed E-state index contributed by atoms with van der Waals surface area (Å²) >= 11 is 0. The molecule has 0 bridgehead atoms. The summed E-state index contributed by atoms with van der Waals surface area (Å²) in [5.41, 5.74) is -0.267. The van der Waals surface area contributed by atoms with Crippen LogP contribution in [0.4, 0.5) is 13.2 Å². The third-order valence-corrected chi connectivity index (χ3v) is 4.42. The van der Waals surface area contributed by atoms with Gasteiger partial charge in [-0.2, -0.15) is 13.2 Å². The van der Waals surface area contributed by atoms with E-state index >= 15 is 0 Å². The summed E-state index contributed by atoms with van der Waals surface area (Å²) < 4.78 is 39.6. The summed E-state index contributed by atoms with van der Waals surface area (Å²) in [5.74, 6) is 0.251. The molecule has 0 saturated heterocycles. The fraction of sp³-hybridized carbons (Fsp3) is 0.688. The number of rotatable bonds is 3. The molecule has 0 aromatic carbocycles. The third kappa shape index (κ3) is 4.19. The zero-order valence-electron chi connectivity index (χ0n) is 12.4. The molecule has 118 valence electrons. The highest BCUT2D eigenvalue weighted by atomic mass is 19.4. The molecule has 0 radical (unpaired) electrons. The minimum absolute atomic E-state index is 0.251. The summed E-state index contributed by atoms with van der Waals surface area (Å²) in [7, 11) is 1.75. The first-order valence-electron chi connectivity index (χ1n) is 7.72. The highest BCUT2D eigenvalue weighted by Crippen LogP contribution is 2.39. The highest BCUT2D eigenvalue weighted by Gasteiger charge is 2.36. The molecule has 1 aliphatic carbocycles. The fourth-order valence-corrected chi connectivity index (χ4v) is 3.38. The molecule has 0 amide bonds. The Hall–Kier alpha value is -1.10. The van der Waals surface area contributed by atoms with E-state index < -0.39 is 11.7 Å². The second-order valence-corrected chi connectivity index (χ2v) is 5.83. The van der Waals surface area contributed by atoms with Crippen molar-refractivity contribution in [3.8, 4) is 0 Å². The molecule has 1 atom stereocenters. The Balaban J connectivity index is 2.28. The predicted octanol–water partition coefficient (Wildman–Crippen LogP) is 4.72. The Morgan fingerprint density at radius 3 is 2.33 bits per heavy atom. The van der Waals surface area contributed by atoms with Gasteiger partial charge < -0.3 is 5.32 Å². The smallest absolute Gasteiger partial charge is 0.313 e. The van der Waals surface area contributed by atoms with Crippen molar-refractivity contribution in [1.82, 2.24) is 10.3 Å². The van der Waals surface area contributed by atoms with Gasteiger partial charge in [-0.1, -0.05) is 32.1 Å². The maximum atomic E-state index is 13.2. The molecule has 0 aliphatic heterocycles. The molecule has 1 unspecified atom stereocenters. The van der Waals surface area contributed by atoms with E-state index in [-0.39, 0.29) is 17.5 Å². The van der Waals surface area contributed by atoms with Crippen molar-refractivity contribution in [2.45, 2.75) is 57.2 Å². The Bertz CT molecular complexity index is 437. The van der Waals surface area contributed by atoms with Crippen molar-refractivity contribution in [1.29, 1.82) is 0 Å². The minimum atomic E-state index is -4.32. The van der Waals surface area contributed by atoms with Crippen LogP contribution in [0.2, 0.25) is 0 Å². The summed E-state index contributed by atoms with van der Waals surface area (Å²) in [4.78, 5) is 3.92. The number of alkyl halides is 3. The molecule has 2 nitrogen and oxygen atoms in total. The summed E-state index contributed by atoms with van der Waals surface area (Å²) in [6.07, 6.45) is 6.06. The van der Waals surface area contributed by atoms with Crippen molar-refractivity contribution < 1.29 is 13.2 Å². The first-order chi connectivity index (χ1) is 10.0. The fourth-order valence-electron chi connectivity index (χ4n) is 3.38. The van der Waals surface area contributed by atoms with Crippen LogP contribution in [0.5, 0.6) is 0 Å². The van der Waals surface area contributed by atoms with Gasteiger partial charge in [-0.25, -0.2) is 0 Å². The number of nitrogens with one attached hydrogen (secondary N) is 1. The zero-order valence-corrected chi connectivity index (χ0v) is 12.4. The molecule has 2 rings (SSSR count). The normalized spacial score (nSPS) is 19.8. The lowest BCUT2D eigenvalue weighted by Crippen LogP contribution is -2.28. The summed E-state index contributed by atoms with van der Waals surface area (Å²) in [6, 6.07) is 0.816. The molecule has 1 heterocycles. The highest BCUT2D eigenvalue weighted by molar-refractivity contribution is 5.29. The van der Waals surface area contributed by atoms with Crippen molar-refractivity contribution in [3.63, 3.8) is 0 Å². The Labute approximate surface area is 124 Å². The van der Waals surface area contributed by atoms with Gasteiger partial charge in [0, 0.05) is 18.4 Å². The summed E-state index contributed by atoms with van der Waals surface area (Å²) in [6.45, 7) is 0. The molecule has 5 heteroatoms. The van der Waals surface area contributed by atoms with Gasteiger partial charge in [0.1, 0.15) is 0 Å². The summed E-state index contributed by atoms with van der Waals surface area (Å²) in [5, 5.41) is 3.11. The van der Waals surface area contributed by atoms with Crippen molar-refractivity contribution in [2.75, 3.05) is 7.05 Å². The van der Waals surface area contributed by atoms with Gasteiger partial charge in [0.15, 0.2) is 0 Å². The van der Waals surface area contributed by atoms with E-state index in [1.807, 2.05) is 0 Å². The van der Waals surface area contributed by atoms with Crippen molar-refractivity contribution >= 4 is 0 Å². The lowest BCUT2D eigenvalue weighted by atomic mass is 9.82. The standard InChI is InChI=1S/C16H23F3N2/c1-20-15(12-7-5-3-2-4-6-8-12)13-11-21-10-9-14(13)16(17,18)19/h9-12,15,20H,2-8H2,1H3. The van der Waals surface area contributed by atoms with Crippen LogP contribution >= 0.6 is 0 Å². The number of aromatic nitrogens is 1. The van der Waals surface area contributed by atoms with Crippen LogP contribution in [0.3, 0.4) is 0 Å². The molecule has 1 fully saturated rings. The van der Waals surface area contributed by atoms with Gasteiger partial charge in [-0.05, 0) is 37.4 Å². The second-order valence-electron chi connectivity index (χ2n) is 5.83. The molecule has 1 aliphatic rings. The van der Waals surface area contributed by atoms with Crippen LogP contribution in [-0.2, 0) is 6.18 Å². The molecular weight excluding hydrogens is 277 g/mol. The zero-order chi connectivity index (χ0) is 15.3. The molecule has 1 saturated carbocycles. The van der Waals surface area contributed by atoms with E-state index in [2.05, 4.69) is 10.3 Å². The molecule has 0 spiro atoms. The van der Waals surface area contributed by atoms with Crippen LogP contribution in [0.1, 0.15) is 62.1 Å². The van der Waals surface area contributed by atoms with E-state index in [4.69, 9.17) is 0 Å². The second kappa shape index (κ2) is 7.25. The molecule has 21 heavy (non-hydrogen) atoms. The van der Waals surface area contributed by atoms with E-state index in [0.717, 1.165) is 31.7 Å². The molecule has 1 N–H and O–H groups in total. The van der Waals surface area contributed by atoms with Gasteiger partial charge in [-0.15, -0.1) is 0 Å². The van der Waals surface area contributed by atoms with E-state index in [1.165, 1.54) is 31.7 Å². The quantitative estimate of drug-likeness (QED) is 0.873. The molecular formula is C16H23F3N2. The van der Waals surface area contributed by atoms with E-state index in [9.17, 15) is 13.2 Å². The van der Waals surface area contributed by atoms with Crippen LogP contribution < -0.4 is 5.32 Å². The maximum Gasteiger partial charge on any atom is 0.416 e. The van der Waals surface area contributed by atoms with E-state index in [1.54, 1.807) is 7.05 Å². The topological polar surface area (TPSA) is 24.9 Å². The first kappa shape index (κ1) is 16.3. The third-order valence-electron chi connectivity index (χ3n) is 4.42. The van der Waals surface area contributed by atoms with Gasteiger partial charge in [-0.3, -0.25) is 4.98 Å². The Kier molecular flexibility index (Phi) is 5.62. The van der Waals surface area contributed by atoms with Crippen LogP contribution in [0.15, 0.2) is 18.5 Å². The lowest BCUT2D eigenvalue weighted by molar-refractivity contribution is -0.138. The average Bonchev–Trinajstić information content (AvgIpc) is 2.41. The van der Waals surface area contributed by atoms with Crippen LogP contribution in [0.25, 0.3) is 0 Å². The number of hydrogen-bond acceptors (Lipinski definition) is 2.